The maximum atomic E-state index is 12.9. The number of ether oxygens (including phenoxy) is 1. The van der Waals surface area contributed by atoms with Gasteiger partial charge in [-0.2, -0.15) is 0 Å². The Labute approximate surface area is 248 Å². The first-order chi connectivity index (χ1) is 20.5. The first-order valence-electron chi connectivity index (χ1n) is 14.0. The Morgan fingerprint density at radius 2 is 2.00 bits per heavy atom. The first-order valence-corrected chi connectivity index (χ1v) is 15.8. The number of hydrogen-bond donors (Lipinski definition) is 3. The normalized spacial score (nSPS) is 19.5. The fourth-order valence-corrected chi connectivity index (χ4v) is 7.62. The number of carbonyl (C=O) groups excluding carboxylic acids is 1. The van der Waals surface area contributed by atoms with E-state index in [1.165, 1.54) is 17.8 Å². The van der Waals surface area contributed by atoms with Gasteiger partial charge in [-0.3, -0.25) is 14.0 Å². The molecular weight excluding hydrogens is 576 g/mol. The molecule has 6 heterocycles. The lowest BCUT2D eigenvalue weighted by Gasteiger charge is -2.27. The van der Waals surface area contributed by atoms with Crippen LogP contribution in [-0.4, -0.2) is 63.9 Å². The second-order valence-corrected chi connectivity index (χ2v) is 12.7. The molecule has 1 aliphatic carbocycles. The van der Waals surface area contributed by atoms with Crippen LogP contribution in [0.25, 0.3) is 27.1 Å². The average molecular weight is 608 g/mol. The van der Waals surface area contributed by atoms with Crippen LogP contribution in [0, 0.1) is 0 Å². The van der Waals surface area contributed by atoms with Gasteiger partial charge in [0.05, 0.1) is 24.9 Å². The summed E-state index contributed by atoms with van der Waals surface area (Å²) in [5.74, 6) is 0.534. The van der Waals surface area contributed by atoms with E-state index >= 15 is 0 Å². The minimum atomic E-state index is -0.604. The first kappa shape index (κ1) is 27.0. The molecule has 0 unspecified atom stereocenters. The Balaban J connectivity index is 1.23. The van der Waals surface area contributed by atoms with Gasteiger partial charge < -0.3 is 30.8 Å². The Morgan fingerprint density at radius 3 is 2.81 bits per heavy atom. The van der Waals surface area contributed by atoms with Crippen LogP contribution in [0.1, 0.15) is 46.6 Å². The molecule has 2 atom stereocenters. The molecule has 7 rings (SSSR count). The smallest absolute Gasteiger partial charge is 0.254 e. The third kappa shape index (κ3) is 4.93. The Kier molecular flexibility index (Phi) is 7.14. The van der Waals surface area contributed by atoms with Gasteiger partial charge in [0, 0.05) is 47.8 Å². The quantitative estimate of drug-likeness (QED) is 0.252. The highest BCUT2D eigenvalue weighted by Gasteiger charge is 2.28. The van der Waals surface area contributed by atoms with E-state index in [0.29, 0.717) is 66.2 Å². The highest BCUT2D eigenvalue weighted by Crippen LogP contribution is 2.37. The maximum absolute atomic E-state index is 12.9. The summed E-state index contributed by atoms with van der Waals surface area (Å²) in [6.45, 7) is 2.55. The van der Waals surface area contributed by atoms with Crippen molar-refractivity contribution in [3.05, 3.63) is 55.6 Å². The van der Waals surface area contributed by atoms with Crippen molar-refractivity contribution in [2.75, 3.05) is 36.5 Å². The number of quaternary nitrogens is 1. The number of hydrogen-bond acceptors (Lipinski definition) is 11. The van der Waals surface area contributed by atoms with E-state index in [2.05, 4.69) is 21.2 Å². The van der Waals surface area contributed by atoms with Crippen LogP contribution < -0.4 is 27.1 Å². The van der Waals surface area contributed by atoms with E-state index in [0.717, 1.165) is 35.3 Å². The van der Waals surface area contributed by atoms with Gasteiger partial charge >= 0.3 is 0 Å². The number of aromatic nitrogens is 4. The van der Waals surface area contributed by atoms with Crippen molar-refractivity contribution in [2.45, 2.75) is 44.2 Å². The summed E-state index contributed by atoms with van der Waals surface area (Å²) in [4.78, 5) is 33.5. The number of anilines is 2. The van der Waals surface area contributed by atoms with Gasteiger partial charge in [0.2, 0.25) is 11.4 Å². The van der Waals surface area contributed by atoms with Gasteiger partial charge in [0.15, 0.2) is 17.1 Å². The number of carbonyl (C=O) groups is 1. The van der Waals surface area contributed by atoms with Crippen molar-refractivity contribution < 1.29 is 19.7 Å². The average Bonchev–Trinajstić information content (AvgIpc) is 3.75. The molecule has 0 spiro atoms. The highest BCUT2D eigenvalue weighted by atomic mass is 32.1. The number of nitrogens with one attached hydrogen (secondary N) is 1. The molecule has 1 saturated carbocycles. The van der Waals surface area contributed by atoms with Crippen molar-refractivity contribution in [1.29, 1.82) is 0 Å². The number of nitrogens with zero attached hydrogens (tertiary/aromatic N) is 5. The third-order valence-corrected chi connectivity index (χ3v) is 9.97. The molecule has 2 aliphatic rings. The molecule has 6 N–H and O–H groups in total. The lowest BCUT2D eigenvalue weighted by molar-refractivity contribution is -0.427. The number of morpholine rings is 1. The number of fused-ring (bicyclic) bond motifs is 2. The maximum Gasteiger partial charge on any atom is 0.254 e. The summed E-state index contributed by atoms with van der Waals surface area (Å²) in [7, 11) is 0. The zero-order chi connectivity index (χ0) is 28.8. The number of nitrogens with two attached hydrogens (primary N) is 1. The molecule has 0 aromatic carbocycles. The minimum absolute atomic E-state index is 0.0520. The molecule has 0 radical (unpaired) electrons. The van der Waals surface area contributed by atoms with E-state index in [4.69, 9.17) is 19.9 Å². The summed E-state index contributed by atoms with van der Waals surface area (Å²) in [5.41, 5.74) is 13.7. The Hall–Kier alpha value is -3.85. The van der Waals surface area contributed by atoms with Crippen LogP contribution in [0.3, 0.4) is 0 Å². The second kappa shape index (κ2) is 11.1. The predicted octanol–water partition coefficient (Wildman–Crippen LogP) is 2.51. The molecule has 1 aliphatic heterocycles. The molecule has 14 heteroatoms. The van der Waals surface area contributed by atoms with E-state index in [-0.39, 0.29) is 23.1 Å². The number of primary amides is 1. The fraction of sp³-hybridized carbons (Fsp3) is 0.393. The van der Waals surface area contributed by atoms with Crippen molar-refractivity contribution in [2.24, 2.45) is 5.73 Å². The van der Waals surface area contributed by atoms with E-state index in [9.17, 15) is 9.59 Å². The summed E-state index contributed by atoms with van der Waals surface area (Å²) in [6.07, 6.45) is 6.28. The monoisotopic (exact) mass is 607 g/mol. The zero-order valence-corrected chi connectivity index (χ0v) is 24.5. The van der Waals surface area contributed by atoms with Gasteiger partial charge in [0.25, 0.3) is 5.91 Å². The van der Waals surface area contributed by atoms with E-state index < -0.39 is 5.91 Å². The van der Waals surface area contributed by atoms with Gasteiger partial charge in [-0.05, 0) is 29.9 Å². The minimum Gasteiger partial charge on any atom is -0.439 e. The van der Waals surface area contributed by atoms with Crippen LogP contribution in [0.5, 0.6) is 0 Å². The molecular formula is C28H31N8O4S2+. The van der Waals surface area contributed by atoms with Crippen molar-refractivity contribution >= 4 is 56.3 Å². The van der Waals surface area contributed by atoms with E-state index in [1.54, 1.807) is 28.1 Å². The van der Waals surface area contributed by atoms with Gasteiger partial charge in [-0.15, -0.1) is 32.9 Å². The predicted molar refractivity (Wildman–Crippen MR) is 161 cm³/mol. The van der Waals surface area contributed by atoms with Crippen molar-refractivity contribution in [3.63, 3.8) is 0 Å². The number of rotatable bonds is 7. The van der Waals surface area contributed by atoms with Crippen LogP contribution in [0.2, 0.25) is 0 Å². The SMILES string of the molecule is NC(=O)c1c(Cc2cc(-c3csc4c(=O)cc(N5CCOCC5)oc34)cs2)nc(N[C@H]2CCCC[C@H]2[NH3+])n2cnnc12. The molecule has 12 nitrogen and oxygen atoms in total. The van der Waals surface area contributed by atoms with Crippen LogP contribution in [0.4, 0.5) is 11.8 Å². The zero-order valence-electron chi connectivity index (χ0n) is 22.9. The highest BCUT2D eigenvalue weighted by molar-refractivity contribution is 7.17. The van der Waals surface area contributed by atoms with Gasteiger partial charge in [0.1, 0.15) is 22.6 Å². The number of amides is 1. The Bertz CT molecular complexity index is 1840. The van der Waals surface area contributed by atoms with Gasteiger partial charge in [-0.25, -0.2) is 4.98 Å². The summed E-state index contributed by atoms with van der Waals surface area (Å²) in [6, 6.07) is 4.05. The van der Waals surface area contributed by atoms with Crippen molar-refractivity contribution in [1.82, 2.24) is 19.6 Å². The summed E-state index contributed by atoms with van der Waals surface area (Å²) in [5, 5.41) is 15.8. The van der Waals surface area contributed by atoms with Crippen LogP contribution in [-0.2, 0) is 11.2 Å². The molecule has 0 bridgehead atoms. The molecule has 2 fully saturated rings. The van der Waals surface area contributed by atoms with Crippen LogP contribution >= 0.6 is 22.7 Å². The number of thiophene rings is 2. The largest absolute Gasteiger partial charge is 0.439 e. The topological polar surface area (TPSA) is 169 Å². The summed E-state index contributed by atoms with van der Waals surface area (Å²) >= 11 is 2.93. The molecule has 5 aromatic rings. The van der Waals surface area contributed by atoms with E-state index in [1.807, 2.05) is 21.7 Å². The molecule has 1 saturated heterocycles. The summed E-state index contributed by atoms with van der Waals surface area (Å²) < 4.78 is 14.0. The molecule has 1 amide bonds. The lowest BCUT2D eigenvalue weighted by Crippen LogP contribution is -2.68. The van der Waals surface area contributed by atoms with Gasteiger partial charge in [-0.1, -0.05) is 6.42 Å². The second-order valence-electron chi connectivity index (χ2n) is 10.8. The fourth-order valence-electron chi connectivity index (χ4n) is 5.82. The van der Waals surface area contributed by atoms with Crippen LogP contribution in [0.15, 0.2) is 38.4 Å². The third-order valence-electron chi connectivity index (χ3n) is 8.06. The molecule has 5 aromatic heterocycles. The molecule has 42 heavy (non-hydrogen) atoms. The Morgan fingerprint density at radius 1 is 1.17 bits per heavy atom. The standard InChI is InChI=1S/C28H30N8O4S2/c29-18-3-1-2-4-19(18)32-28-33-20(23(26(30)38)27-34-31-14-36(27)28)10-16-9-15(12-41-16)17-13-42-25-21(37)11-22(40-24(17)25)35-5-7-39-8-6-35/h9,11-14,18-19H,1-8,10,29H2,(H2,30,38)(H,32,33)/p+1/t18-,19+/m1/s1. The molecule has 218 valence electrons. The van der Waals surface area contributed by atoms with Crippen molar-refractivity contribution in [3.8, 4) is 11.1 Å². The lowest BCUT2D eigenvalue weighted by atomic mass is 9.91.